The minimum atomic E-state index is -0.697. The van der Waals surface area contributed by atoms with Crippen LogP contribution in [0.15, 0.2) is 18.2 Å². The smallest absolute Gasteiger partial charge is 0.165 e. The average molecular weight is 228 g/mol. The normalized spacial score (nSPS) is 12.5. The molecule has 0 aromatic heterocycles. The Morgan fingerprint density at radius 1 is 1.38 bits per heavy atom. The third kappa shape index (κ3) is 3.10. The number of rotatable bonds is 5. The molecule has 16 heavy (non-hydrogen) atoms. The van der Waals surface area contributed by atoms with Crippen LogP contribution in [0.2, 0.25) is 0 Å². The first-order valence-corrected chi connectivity index (χ1v) is 5.13. The van der Waals surface area contributed by atoms with Crippen LogP contribution < -0.4 is 0 Å². The maximum absolute atomic E-state index is 13.2. The molecule has 1 aromatic carbocycles. The van der Waals surface area contributed by atoms with Gasteiger partial charge in [-0.3, -0.25) is 4.79 Å². The van der Waals surface area contributed by atoms with Gasteiger partial charge >= 0.3 is 0 Å². The first-order chi connectivity index (χ1) is 7.56. The standard InChI is InChI=1S/C12H14F2O2/c1-3-16-8(2)12(15)7-9-10(13)5-4-6-11(9)14/h4-6,8H,3,7H2,1-2H3. The number of hydrogen-bond donors (Lipinski definition) is 0. The minimum absolute atomic E-state index is 0.195. The summed E-state index contributed by atoms with van der Waals surface area (Å²) in [6.45, 7) is 3.73. The van der Waals surface area contributed by atoms with Gasteiger partial charge in [0.1, 0.15) is 17.7 Å². The lowest BCUT2D eigenvalue weighted by atomic mass is 10.0. The Labute approximate surface area is 93.2 Å². The molecule has 0 bridgehead atoms. The molecule has 0 amide bonds. The summed E-state index contributed by atoms with van der Waals surface area (Å²) in [6.07, 6.45) is -0.913. The molecule has 0 radical (unpaired) electrons. The highest BCUT2D eigenvalue weighted by molar-refractivity contribution is 5.84. The van der Waals surface area contributed by atoms with Crippen molar-refractivity contribution in [3.63, 3.8) is 0 Å². The maximum Gasteiger partial charge on any atom is 0.165 e. The number of carbonyl (C=O) groups excluding carboxylic acids is 1. The molecule has 0 heterocycles. The van der Waals surface area contributed by atoms with Crippen molar-refractivity contribution in [2.45, 2.75) is 26.4 Å². The van der Waals surface area contributed by atoms with E-state index in [1.807, 2.05) is 0 Å². The van der Waals surface area contributed by atoms with Crippen LogP contribution in [0.3, 0.4) is 0 Å². The quantitative estimate of drug-likeness (QED) is 0.774. The molecule has 0 aliphatic carbocycles. The van der Waals surface area contributed by atoms with Crippen LogP contribution in [0, 0.1) is 11.6 Å². The van der Waals surface area contributed by atoms with E-state index in [0.29, 0.717) is 6.61 Å². The van der Waals surface area contributed by atoms with Crippen molar-refractivity contribution < 1.29 is 18.3 Å². The van der Waals surface area contributed by atoms with Crippen LogP contribution in [0.25, 0.3) is 0 Å². The summed E-state index contributed by atoms with van der Waals surface area (Å²) < 4.78 is 31.5. The van der Waals surface area contributed by atoms with Gasteiger partial charge in [-0.05, 0) is 26.0 Å². The van der Waals surface area contributed by atoms with Crippen LogP contribution in [0.1, 0.15) is 19.4 Å². The van der Waals surface area contributed by atoms with E-state index in [2.05, 4.69) is 0 Å². The first kappa shape index (κ1) is 12.8. The molecule has 1 aromatic rings. The molecule has 2 nitrogen and oxygen atoms in total. The first-order valence-electron chi connectivity index (χ1n) is 5.13. The van der Waals surface area contributed by atoms with E-state index < -0.39 is 17.7 Å². The van der Waals surface area contributed by atoms with Crippen molar-refractivity contribution in [1.29, 1.82) is 0 Å². The number of ketones is 1. The summed E-state index contributed by atoms with van der Waals surface area (Å²) >= 11 is 0. The van der Waals surface area contributed by atoms with E-state index in [1.165, 1.54) is 6.07 Å². The van der Waals surface area contributed by atoms with Gasteiger partial charge in [-0.15, -0.1) is 0 Å². The van der Waals surface area contributed by atoms with Crippen molar-refractivity contribution in [3.05, 3.63) is 35.4 Å². The van der Waals surface area contributed by atoms with Gasteiger partial charge in [-0.25, -0.2) is 8.78 Å². The van der Waals surface area contributed by atoms with Crippen LogP contribution in [-0.4, -0.2) is 18.5 Å². The predicted octanol–water partition coefficient (Wildman–Crippen LogP) is 2.50. The highest BCUT2D eigenvalue weighted by Gasteiger charge is 2.17. The SMILES string of the molecule is CCOC(C)C(=O)Cc1c(F)cccc1F. The fourth-order valence-corrected chi connectivity index (χ4v) is 1.36. The van der Waals surface area contributed by atoms with E-state index in [1.54, 1.807) is 13.8 Å². The van der Waals surface area contributed by atoms with E-state index in [9.17, 15) is 13.6 Å². The highest BCUT2D eigenvalue weighted by atomic mass is 19.1. The number of Topliss-reactive ketones (excluding diaryl/α,β-unsaturated/α-hetero) is 1. The summed E-state index contributed by atoms with van der Waals surface area (Å²) in [5.74, 6) is -1.72. The number of benzene rings is 1. The molecule has 88 valence electrons. The van der Waals surface area contributed by atoms with Gasteiger partial charge in [0.05, 0.1) is 0 Å². The van der Waals surface area contributed by atoms with Crippen LogP contribution >= 0.6 is 0 Å². The van der Waals surface area contributed by atoms with E-state index in [4.69, 9.17) is 4.74 Å². The molecule has 1 unspecified atom stereocenters. The fourth-order valence-electron chi connectivity index (χ4n) is 1.36. The van der Waals surface area contributed by atoms with Crippen molar-refractivity contribution in [2.75, 3.05) is 6.61 Å². The molecule has 1 atom stereocenters. The Morgan fingerprint density at radius 2 is 1.94 bits per heavy atom. The van der Waals surface area contributed by atoms with E-state index in [-0.39, 0.29) is 17.8 Å². The van der Waals surface area contributed by atoms with Gasteiger partial charge in [0.15, 0.2) is 5.78 Å². The monoisotopic (exact) mass is 228 g/mol. The molecule has 0 saturated carbocycles. The lowest BCUT2D eigenvalue weighted by Crippen LogP contribution is -2.23. The number of carbonyl (C=O) groups is 1. The Balaban J connectivity index is 2.77. The van der Waals surface area contributed by atoms with Crippen LogP contribution in [0.4, 0.5) is 8.78 Å². The van der Waals surface area contributed by atoms with Gasteiger partial charge in [0, 0.05) is 18.6 Å². The zero-order chi connectivity index (χ0) is 12.1. The van der Waals surface area contributed by atoms with Crippen LogP contribution in [-0.2, 0) is 16.0 Å². The van der Waals surface area contributed by atoms with Crippen molar-refractivity contribution in [2.24, 2.45) is 0 Å². The largest absolute Gasteiger partial charge is 0.371 e. The second kappa shape index (κ2) is 5.70. The van der Waals surface area contributed by atoms with Gasteiger partial charge in [0.2, 0.25) is 0 Å². The van der Waals surface area contributed by atoms with Crippen LogP contribution in [0.5, 0.6) is 0 Å². The lowest BCUT2D eigenvalue weighted by Gasteiger charge is -2.11. The molecule has 0 spiro atoms. The second-order valence-corrected chi connectivity index (χ2v) is 3.44. The van der Waals surface area contributed by atoms with Crippen molar-refractivity contribution in [1.82, 2.24) is 0 Å². The fraction of sp³-hybridized carbons (Fsp3) is 0.417. The topological polar surface area (TPSA) is 26.3 Å². The van der Waals surface area contributed by atoms with Crippen molar-refractivity contribution >= 4 is 5.78 Å². The summed E-state index contributed by atoms with van der Waals surface area (Å²) in [7, 11) is 0. The zero-order valence-corrected chi connectivity index (χ0v) is 9.30. The molecule has 0 aliphatic heterocycles. The minimum Gasteiger partial charge on any atom is -0.371 e. The third-order valence-electron chi connectivity index (χ3n) is 2.28. The average Bonchev–Trinajstić information content (AvgIpc) is 2.23. The van der Waals surface area contributed by atoms with Crippen molar-refractivity contribution in [3.8, 4) is 0 Å². The maximum atomic E-state index is 13.2. The zero-order valence-electron chi connectivity index (χ0n) is 9.30. The molecule has 1 rings (SSSR count). The Morgan fingerprint density at radius 3 is 2.44 bits per heavy atom. The molecule has 0 fully saturated rings. The highest BCUT2D eigenvalue weighted by Crippen LogP contribution is 2.14. The molecule has 4 heteroatoms. The predicted molar refractivity (Wildman–Crippen MR) is 56.2 cm³/mol. The van der Waals surface area contributed by atoms with E-state index >= 15 is 0 Å². The summed E-state index contributed by atoms with van der Waals surface area (Å²) in [5.41, 5.74) is -0.195. The van der Waals surface area contributed by atoms with Gasteiger partial charge in [-0.1, -0.05) is 6.07 Å². The summed E-state index contributed by atoms with van der Waals surface area (Å²) in [4.78, 5) is 11.5. The molecule has 0 N–H and O–H groups in total. The Kier molecular flexibility index (Phi) is 4.55. The molecular formula is C12H14F2O2. The van der Waals surface area contributed by atoms with Gasteiger partial charge in [0.25, 0.3) is 0 Å². The summed E-state index contributed by atoms with van der Waals surface area (Å²) in [6, 6.07) is 3.54. The number of hydrogen-bond acceptors (Lipinski definition) is 2. The van der Waals surface area contributed by atoms with Gasteiger partial charge in [-0.2, -0.15) is 0 Å². The molecule has 0 saturated heterocycles. The van der Waals surface area contributed by atoms with Gasteiger partial charge < -0.3 is 4.74 Å². The Bertz CT molecular complexity index is 357. The summed E-state index contributed by atoms with van der Waals surface area (Å²) in [5, 5.41) is 0. The number of halogens is 2. The molecule has 0 aliphatic rings. The molecular weight excluding hydrogens is 214 g/mol. The second-order valence-electron chi connectivity index (χ2n) is 3.44. The lowest BCUT2D eigenvalue weighted by molar-refractivity contribution is -0.128. The number of ether oxygens (including phenoxy) is 1. The third-order valence-corrected chi connectivity index (χ3v) is 2.28. The van der Waals surface area contributed by atoms with E-state index in [0.717, 1.165) is 12.1 Å². The Hall–Kier alpha value is -1.29.